The zero-order chi connectivity index (χ0) is 44.8. The molecule has 1 N–H and O–H groups in total. The predicted molar refractivity (Wildman–Crippen MR) is 197 cm³/mol. The zero-order valence-corrected chi connectivity index (χ0v) is 34.7. The minimum absolute atomic E-state index is 0.0163. The summed E-state index contributed by atoms with van der Waals surface area (Å²) in [6.07, 6.45) is -8.59. The lowest BCUT2D eigenvalue weighted by molar-refractivity contribution is -0.386. The Balaban J connectivity index is 1.77. The standard InChI is InChI=1S/C41H47NO19/c1-19-11-12-27-26(10-9-14-42-27)37(50)54-17-38(7)28-29(55-21(3)44)33(57-23(5)46)40(18-53-20(2)43)34(58-24(6)47)30(59-36(49)25-13-15-52-16-25)32(60-35(19)48)39(8,51)41(40,61-38)31(28)56-22(4)45/h9-10,13-16,19,28-34,51H,11-12,17-18H2,1-8H3/t19-,28+,29+,30-,31+,32-,33+,34-,38-,39-,40+,41-/m0/s1. The van der Waals surface area contributed by atoms with Crippen LogP contribution in [-0.4, -0.2) is 124 Å². The molecule has 0 aromatic carbocycles. The Kier molecular flexibility index (Phi) is 12.1. The summed E-state index contributed by atoms with van der Waals surface area (Å²) < 4.78 is 60.1. The fourth-order valence-electron chi connectivity index (χ4n) is 9.54. The van der Waals surface area contributed by atoms with Crippen LogP contribution in [0, 0.1) is 17.3 Å². The number of nitrogens with zero attached hydrogens (tertiary/aromatic N) is 1. The number of aliphatic hydroxyl groups is 1. The van der Waals surface area contributed by atoms with Crippen LogP contribution in [-0.2, 0) is 77.8 Å². The number of cyclic esters (lactones) is 1. The van der Waals surface area contributed by atoms with E-state index in [1.54, 1.807) is 0 Å². The van der Waals surface area contributed by atoms with Crippen LogP contribution in [0.2, 0.25) is 0 Å². The molecule has 330 valence electrons. The van der Waals surface area contributed by atoms with Gasteiger partial charge in [0.1, 0.15) is 48.3 Å². The van der Waals surface area contributed by atoms with Gasteiger partial charge in [0.15, 0.2) is 30.0 Å². The first kappa shape index (κ1) is 44.7. The maximum Gasteiger partial charge on any atom is 0.341 e. The third kappa shape index (κ3) is 7.59. The highest BCUT2D eigenvalue weighted by atomic mass is 16.7. The Morgan fingerprint density at radius 2 is 1.46 bits per heavy atom. The zero-order valence-electron chi connectivity index (χ0n) is 34.7. The molecule has 0 unspecified atom stereocenters. The van der Waals surface area contributed by atoms with Gasteiger partial charge in [0.25, 0.3) is 0 Å². The van der Waals surface area contributed by atoms with Gasteiger partial charge < -0.3 is 52.2 Å². The van der Waals surface area contributed by atoms with E-state index in [1.165, 1.54) is 38.2 Å². The Morgan fingerprint density at radius 1 is 0.836 bits per heavy atom. The molecule has 4 aliphatic rings. The third-order valence-electron chi connectivity index (χ3n) is 11.8. The highest BCUT2D eigenvalue weighted by Crippen LogP contribution is 2.70. The second kappa shape index (κ2) is 16.5. The molecule has 20 heteroatoms. The highest BCUT2D eigenvalue weighted by Gasteiger charge is 2.92. The van der Waals surface area contributed by atoms with Crippen LogP contribution < -0.4 is 0 Å². The molecule has 12 atom stereocenters. The summed E-state index contributed by atoms with van der Waals surface area (Å²) >= 11 is 0. The lowest BCUT2D eigenvalue weighted by Gasteiger charge is -2.67. The lowest BCUT2D eigenvalue weighted by Crippen LogP contribution is -2.89. The molecular formula is C41H47NO19. The molecule has 4 bridgehead atoms. The number of carbonyl (C=O) groups is 8. The summed E-state index contributed by atoms with van der Waals surface area (Å²) in [6, 6.07) is 4.17. The third-order valence-corrected chi connectivity index (χ3v) is 11.8. The first-order valence-corrected chi connectivity index (χ1v) is 19.4. The second-order valence-corrected chi connectivity index (χ2v) is 16.1. The van der Waals surface area contributed by atoms with Crippen LogP contribution in [0.3, 0.4) is 0 Å². The highest BCUT2D eigenvalue weighted by molar-refractivity contribution is 5.91. The fourth-order valence-corrected chi connectivity index (χ4v) is 9.54. The average molecular weight is 858 g/mol. The van der Waals surface area contributed by atoms with Gasteiger partial charge in [-0.25, -0.2) is 9.59 Å². The van der Waals surface area contributed by atoms with E-state index in [4.69, 9.17) is 47.0 Å². The normalized spacial score (nSPS) is 35.4. The predicted octanol–water partition coefficient (Wildman–Crippen LogP) is 1.75. The van der Waals surface area contributed by atoms with Crippen molar-refractivity contribution in [1.29, 1.82) is 0 Å². The Morgan fingerprint density at radius 3 is 2.05 bits per heavy atom. The first-order chi connectivity index (χ1) is 28.6. The Hall–Kier alpha value is -5.89. The van der Waals surface area contributed by atoms with E-state index in [-0.39, 0.29) is 29.7 Å². The van der Waals surface area contributed by atoms with Crippen molar-refractivity contribution < 1.29 is 90.5 Å². The van der Waals surface area contributed by atoms with Crippen LogP contribution in [0.25, 0.3) is 0 Å². The van der Waals surface area contributed by atoms with Crippen LogP contribution in [0.1, 0.15) is 88.2 Å². The number of carbonyl (C=O) groups excluding carboxylic acids is 8. The lowest BCUT2D eigenvalue weighted by atomic mass is 9.45. The van der Waals surface area contributed by atoms with Crippen molar-refractivity contribution in [3.8, 4) is 0 Å². The number of pyridine rings is 1. The number of ether oxygens (including phenoxy) is 9. The van der Waals surface area contributed by atoms with E-state index in [2.05, 4.69) is 4.98 Å². The molecule has 2 aliphatic carbocycles. The van der Waals surface area contributed by atoms with Crippen molar-refractivity contribution in [1.82, 2.24) is 4.98 Å². The minimum atomic E-state index is -2.87. The van der Waals surface area contributed by atoms with Crippen LogP contribution in [0.4, 0.5) is 0 Å². The van der Waals surface area contributed by atoms with Gasteiger partial charge in [0.2, 0.25) is 0 Å². The van der Waals surface area contributed by atoms with E-state index in [0.717, 1.165) is 54.1 Å². The van der Waals surface area contributed by atoms with E-state index < -0.39 is 132 Å². The van der Waals surface area contributed by atoms with Crippen molar-refractivity contribution >= 4 is 47.8 Å². The van der Waals surface area contributed by atoms with Crippen molar-refractivity contribution in [3.05, 3.63) is 53.7 Å². The monoisotopic (exact) mass is 857 g/mol. The van der Waals surface area contributed by atoms with Gasteiger partial charge in [-0.3, -0.25) is 33.8 Å². The number of furan rings is 1. The van der Waals surface area contributed by atoms with E-state index >= 15 is 0 Å². The summed E-state index contributed by atoms with van der Waals surface area (Å²) in [5.41, 5.74) is -10.3. The molecule has 1 spiro atoms. The van der Waals surface area contributed by atoms with Gasteiger partial charge in [0.05, 0.1) is 34.9 Å². The van der Waals surface area contributed by atoms with Gasteiger partial charge in [-0.1, -0.05) is 6.92 Å². The largest absolute Gasteiger partial charge is 0.472 e. The molecular weight excluding hydrogens is 810 g/mol. The van der Waals surface area contributed by atoms with E-state index in [1.807, 2.05) is 0 Å². The van der Waals surface area contributed by atoms with Gasteiger partial charge in [0, 0.05) is 40.8 Å². The molecule has 2 saturated carbocycles. The average Bonchev–Trinajstić information content (AvgIpc) is 3.79. The number of hydrogen-bond acceptors (Lipinski definition) is 20. The fraction of sp³-hybridized carbons (Fsp3) is 0.585. The summed E-state index contributed by atoms with van der Waals surface area (Å²) in [5.74, 6) is -10.8. The molecule has 4 heterocycles. The molecule has 2 aromatic rings. The number of esters is 8. The number of fused-ring (bicyclic) bond motifs is 5. The van der Waals surface area contributed by atoms with Gasteiger partial charge in [-0.2, -0.15) is 0 Å². The van der Waals surface area contributed by atoms with Gasteiger partial charge in [-0.15, -0.1) is 0 Å². The smallest absolute Gasteiger partial charge is 0.341 e. The molecule has 20 nitrogen and oxygen atoms in total. The van der Waals surface area contributed by atoms with Gasteiger partial charge in [-0.05, 0) is 44.9 Å². The number of hydrogen-bond donors (Lipinski definition) is 1. The first-order valence-electron chi connectivity index (χ1n) is 19.4. The second-order valence-electron chi connectivity index (χ2n) is 16.1. The minimum Gasteiger partial charge on any atom is -0.472 e. The summed E-state index contributed by atoms with van der Waals surface area (Å²) in [4.78, 5) is 113. The summed E-state index contributed by atoms with van der Waals surface area (Å²) in [5, 5.41) is 13.6. The Bertz CT molecular complexity index is 2100. The molecule has 0 radical (unpaired) electrons. The van der Waals surface area contributed by atoms with Crippen molar-refractivity contribution in [3.63, 3.8) is 0 Å². The molecule has 2 aromatic heterocycles. The number of aromatic nitrogens is 1. The van der Waals surface area contributed by atoms with Gasteiger partial charge >= 0.3 is 47.8 Å². The maximum atomic E-state index is 14.3. The molecule has 0 amide bonds. The van der Waals surface area contributed by atoms with Crippen LogP contribution >= 0.6 is 0 Å². The van der Waals surface area contributed by atoms with Crippen LogP contribution in [0.5, 0.6) is 0 Å². The molecule has 1 saturated heterocycles. The SMILES string of the molecule is CC(=O)OC[C@]12[C@H](OC(C)=O)[C@H](OC(C)=O)[C@@H]3[C@@H](OC(C)=O)[C@@]14O[C@@]3(C)COC(=O)c1cccnc1CC[C@H](C)C(=O)O[C@@H]([C@H](OC(=O)c1ccoc1)[C@@H]2OC(C)=O)[C@]4(C)O. The summed E-state index contributed by atoms with van der Waals surface area (Å²) in [6.45, 7) is 7.05. The quantitative estimate of drug-likeness (QED) is 0.293. The number of aryl methyl sites for hydroxylation is 1. The Labute approximate surface area is 348 Å². The van der Waals surface area contributed by atoms with E-state index in [0.29, 0.717) is 0 Å². The topological polar surface area (TPSA) is 266 Å². The van der Waals surface area contributed by atoms with Crippen molar-refractivity contribution in [2.75, 3.05) is 13.2 Å². The molecule has 61 heavy (non-hydrogen) atoms. The molecule has 2 aliphatic heterocycles. The number of rotatable bonds is 8. The van der Waals surface area contributed by atoms with Crippen molar-refractivity contribution in [2.24, 2.45) is 17.3 Å². The molecule has 6 rings (SSSR count). The van der Waals surface area contributed by atoms with E-state index in [9.17, 15) is 43.5 Å². The summed E-state index contributed by atoms with van der Waals surface area (Å²) in [7, 11) is 0. The van der Waals surface area contributed by atoms with Crippen LogP contribution in [0.15, 0.2) is 41.3 Å². The van der Waals surface area contributed by atoms with Crippen molar-refractivity contribution in [2.45, 2.75) is 122 Å². The maximum absolute atomic E-state index is 14.3. The molecule has 3 fully saturated rings.